The maximum atomic E-state index is 12.7. The van der Waals surface area contributed by atoms with Crippen LogP contribution in [0, 0.1) is 0 Å². The van der Waals surface area contributed by atoms with Gasteiger partial charge in [0.15, 0.2) is 11.3 Å². The standard InChI is InChI=1S/C17H18BrN5O/c1-2-12-14-17(24)21-15(13-11(18)8-5-9-19-13)22-23(14)16(20-12)10-6-3-4-7-10/h5,8-10H,2-4,6-7H2,1H3,(H,21,22,24). The first-order valence-corrected chi connectivity index (χ1v) is 9.11. The molecule has 1 aliphatic rings. The third-order valence-corrected chi connectivity index (χ3v) is 5.28. The number of aryl methyl sites for hydroxylation is 1. The van der Waals surface area contributed by atoms with E-state index in [0.717, 1.165) is 28.8 Å². The minimum atomic E-state index is -0.161. The highest BCUT2D eigenvalue weighted by molar-refractivity contribution is 9.10. The number of pyridine rings is 1. The number of imidazole rings is 1. The van der Waals surface area contributed by atoms with Crippen LogP contribution < -0.4 is 5.56 Å². The molecule has 1 aliphatic carbocycles. The van der Waals surface area contributed by atoms with Gasteiger partial charge in [-0.2, -0.15) is 0 Å². The topological polar surface area (TPSA) is 75.9 Å². The van der Waals surface area contributed by atoms with Crippen LogP contribution >= 0.6 is 15.9 Å². The summed E-state index contributed by atoms with van der Waals surface area (Å²) >= 11 is 3.48. The van der Waals surface area contributed by atoms with Gasteiger partial charge in [-0.15, -0.1) is 5.10 Å². The highest BCUT2D eigenvalue weighted by atomic mass is 79.9. The van der Waals surface area contributed by atoms with Crippen molar-refractivity contribution < 1.29 is 0 Å². The molecule has 6 nitrogen and oxygen atoms in total. The van der Waals surface area contributed by atoms with Crippen molar-refractivity contribution in [1.82, 2.24) is 24.6 Å². The van der Waals surface area contributed by atoms with Gasteiger partial charge in [0.2, 0.25) is 0 Å². The Balaban J connectivity index is 1.98. The van der Waals surface area contributed by atoms with Crippen LogP contribution in [0.5, 0.6) is 0 Å². The largest absolute Gasteiger partial charge is 0.302 e. The monoisotopic (exact) mass is 387 g/mol. The van der Waals surface area contributed by atoms with E-state index in [2.05, 4.69) is 31.0 Å². The number of fused-ring (bicyclic) bond motifs is 1. The second-order valence-corrected chi connectivity index (χ2v) is 7.00. The zero-order valence-electron chi connectivity index (χ0n) is 13.4. The lowest BCUT2D eigenvalue weighted by atomic mass is 10.1. The molecule has 1 N–H and O–H groups in total. The fraction of sp³-hybridized carbons (Fsp3) is 0.412. The predicted molar refractivity (Wildman–Crippen MR) is 95.1 cm³/mol. The van der Waals surface area contributed by atoms with E-state index in [1.165, 1.54) is 12.8 Å². The number of hydrogen-bond donors (Lipinski definition) is 1. The molecule has 0 aromatic carbocycles. The molecule has 0 spiro atoms. The summed E-state index contributed by atoms with van der Waals surface area (Å²) in [6, 6.07) is 3.72. The van der Waals surface area contributed by atoms with Crippen molar-refractivity contribution in [3.63, 3.8) is 0 Å². The van der Waals surface area contributed by atoms with Gasteiger partial charge in [-0.25, -0.2) is 9.50 Å². The van der Waals surface area contributed by atoms with Crippen molar-refractivity contribution in [2.24, 2.45) is 0 Å². The van der Waals surface area contributed by atoms with Crippen LogP contribution in [-0.2, 0) is 6.42 Å². The number of halogens is 1. The van der Waals surface area contributed by atoms with Gasteiger partial charge in [0.1, 0.15) is 11.5 Å². The minimum absolute atomic E-state index is 0.161. The third-order valence-electron chi connectivity index (χ3n) is 4.64. The molecule has 24 heavy (non-hydrogen) atoms. The fourth-order valence-corrected chi connectivity index (χ4v) is 3.90. The van der Waals surface area contributed by atoms with Gasteiger partial charge in [0.25, 0.3) is 5.56 Å². The lowest BCUT2D eigenvalue weighted by molar-refractivity contribution is 0.639. The van der Waals surface area contributed by atoms with Gasteiger partial charge in [0.05, 0.1) is 5.69 Å². The van der Waals surface area contributed by atoms with Crippen molar-refractivity contribution in [3.8, 4) is 11.5 Å². The second kappa shape index (κ2) is 6.12. The average molecular weight is 388 g/mol. The Hall–Kier alpha value is -2.02. The molecule has 7 heteroatoms. The Bertz CT molecular complexity index is 955. The van der Waals surface area contributed by atoms with E-state index in [9.17, 15) is 4.79 Å². The molecule has 0 saturated heterocycles. The molecule has 0 bridgehead atoms. The Morgan fingerprint density at radius 3 is 2.88 bits per heavy atom. The average Bonchev–Trinajstić information content (AvgIpc) is 3.22. The molecule has 0 aliphatic heterocycles. The zero-order valence-corrected chi connectivity index (χ0v) is 15.0. The van der Waals surface area contributed by atoms with Crippen molar-refractivity contribution in [2.75, 3.05) is 0 Å². The van der Waals surface area contributed by atoms with Crippen LogP contribution in [0.1, 0.15) is 50.0 Å². The molecule has 4 rings (SSSR count). The van der Waals surface area contributed by atoms with E-state index in [4.69, 9.17) is 4.98 Å². The van der Waals surface area contributed by atoms with E-state index in [0.29, 0.717) is 29.4 Å². The van der Waals surface area contributed by atoms with Crippen molar-refractivity contribution in [2.45, 2.75) is 44.9 Å². The van der Waals surface area contributed by atoms with Gasteiger partial charge >= 0.3 is 0 Å². The molecule has 0 radical (unpaired) electrons. The Labute approximate surface area is 147 Å². The predicted octanol–water partition coefficient (Wildman–Crippen LogP) is 3.46. The number of aromatic nitrogens is 5. The van der Waals surface area contributed by atoms with Gasteiger partial charge < -0.3 is 4.98 Å². The van der Waals surface area contributed by atoms with Crippen molar-refractivity contribution in [3.05, 3.63) is 44.7 Å². The normalized spacial score (nSPS) is 15.4. The number of nitrogens with zero attached hydrogens (tertiary/aromatic N) is 4. The SMILES string of the molecule is CCc1nc(C2CCCC2)n2nc(-c3ncccc3Br)[nH]c(=O)c12. The molecule has 0 unspecified atom stereocenters. The zero-order chi connectivity index (χ0) is 16.7. The Morgan fingerprint density at radius 1 is 1.38 bits per heavy atom. The fourth-order valence-electron chi connectivity index (χ4n) is 3.46. The number of nitrogens with one attached hydrogen (secondary N) is 1. The van der Waals surface area contributed by atoms with E-state index in [1.807, 2.05) is 19.1 Å². The summed E-state index contributed by atoms with van der Waals surface area (Å²) in [5.41, 5.74) is 1.85. The van der Waals surface area contributed by atoms with Gasteiger partial charge in [0, 0.05) is 16.6 Å². The van der Waals surface area contributed by atoms with Crippen LogP contribution in [0.25, 0.3) is 17.0 Å². The lowest BCUT2D eigenvalue weighted by Crippen LogP contribution is -2.17. The molecular weight excluding hydrogens is 370 g/mol. The highest BCUT2D eigenvalue weighted by Gasteiger charge is 2.25. The summed E-state index contributed by atoms with van der Waals surface area (Å²) in [5.74, 6) is 1.75. The molecule has 0 atom stereocenters. The van der Waals surface area contributed by atoms with E-state index >= 15 is 0 Å². The van der Waals surface area contributed by atoms with E-state index in [-0.39, 0.29) is 5.56 Å². The van der Waals surface area contributed by atoms with Crippen molar-refractivity contribution in [1.29, 1.82) is 0 Å². The maximum Gasteiger partial charge on any atom is 0.277 e. The smallest absolute Gasteiger partial charge is 0.277 e. The third kappa shape index (κ3) is 2.47. The van der Waals surface area contributed by atoms with Gasteiger partial charge in [-0.3, -0.25) is 9.78 Å². The molecule has 1 fully saturated rings. The number of rotatable bonds is 3. The van der Waals surface area contributed by atoms with Crippen LogP contribution in [0.4, 0.5) is 0 Å². The maximum absolute atomic E-state index is 12.7. The summed E-state index contributed by atoms with van der Waals surface area (Å²) in [4.78, 5) is 24.7. The molecule has 1 saturated carbocycles. The summed E-state index contributed by atoms with van der Waals surface area (Å²) in [6.45, 7) is 2.02. The molecule has 3 aromatic rings. The van der Waals surface area contributed by atoms with Crippen molar-refractivity contribution >= 4 is 21.4 Å². The first-order chi connectivity index (χ1) is 11.7. The van der Waals surface area contributed by atoms with Gasteiger partial charge in [-0.05, 0) is 47.3 Å². The first kappa shape index (κ1) is 15.5. The quantitative estimate of drug-likeness (QED) is 0.746. The number of hydrogen-bond acceptors (Lipinski definition) is 4. The van der Waals surface area contributed by atoms with E-state index < -0.39 is 0 Å². The minimum Gasteiger partial charge on any atom is -0.302 e. The summed E-state index contributed by atoms with van der Waals surface area (Å²) in [7, 11) is 0. The molecule has 3 heterocycles. The van der Waals surface area contributed by atoms with Crippen LogP contribution in [-0.4, -0.2) is 24.6 Å². The molecule has 124 valence electrons. The van der Waals surface area contributed by atoms with Crippen LogP contribution in [0.2, 0.25) is 0 Å². The second-order valence-electron chi connectivity index (χ2n) is 6.15. The first-order valence-electron chi connectivity index (χ1n) is 8.31. The van der Waals surface area contributed by atoms with E-state index in [1.54, 1.807) is 10.7 Å². The molecule has 0 amide bonds. The molecular formula is C17H18BrN5O. The number of H-pyrrole nitrogens is 1. The summed E-state index contributed by atoms with van der Waals surface area (Å²) < 4.78 is 2.55. The lowest BCUT2D eigenvalue weighted by Gasteiger charge is -2.08. The van der Waals surface area contributed by atoms with Gasteiger partial charge in [-0.1, -0.05) is 19.8 Å². The van der Waals surface area contributed by atoms with Crippen LogP contribution in [0.15, 0.2) is 27.6 Å². The number of aromatic amines is 1. The van der Waals surface area contributed by atoms with Crippen LogP contribution in [0.3, 0.4) is 0 Å². The molecule has 3 aromatic heterocycles. The highest BCUT2D eigenvalue weighted by Crippen LogP contribution is 2.34. The summed E-state index contributed by atoms with van der Waals surface area (Å²) in [6.07, 6.45) is 7.05. The summed E-state index contributed by atoms with van der Waals surface area (Å²) in [5, 5.41) is 4.69. The Kier molecular flexibility index (Phi) is 3.96. The Morgan fingerprint density at radius 2 is 2.17 bits per heavy atom.